The number of rotatable bonds is 6. The summed E-state index contributed by atoms with van der Waals surface area (Å²) < 4.78 is 4.59. The molecule has 0 aromatic heterocycles. The standard InChI is InChI=1S/C8H14O5.Sn.2H/c1-2-3-4-13-8(12)6(9)5-7(10)11;;;/h6,9H,2-5H2,1H3,(H,10,11);;;. The van der Waals surface area contributed by atoms with E-state index < -0.39 is 24.5 Å². The molecule has 0 aromatic rings. The van der Waals surface area contributed by atoms with Gasteiger partial charge in [-0.1, -0.05) is 13.3 Å². The molecule has 5 nitrogen and oxygen atoms in total. The Labute approximate surface area is 99.4 Å². The van der Waals surface area contributed by atoms with Crippen molar-refractivity contribution < 1.29 is 24.5 Å². The molecular formula is C8H16O5Sn. The molecule has 0 bridgehead atoms. The van der Waals surface area contributed by atoms with Crippen LogP contribution in [-0.2, 0) is 14.3 Å². The van der Waals surface area contributed by atoms with Crippen LogP contribution in [-0.4, -0.2) is 58.8 Å². The van der Waals surface area contributed by atoms with Crippen molar-refractivity contribution >= 4 is 35.8 Å². The second-order valence-electron chi connectivity index (χ2n) is 2.63. The molecule has 82 valence electrons. The van der Waals surface area contributed by atoms with Gasteiger partial charge in [0.15, 0.2) is 6.10 Å². The van der Waals surface area contributed by atoms with Gasteiger partial charge in [-0.2, -0.15) is 0 Å². The summed E-state index contributed by atoms with van der Waals surface area (Å²) in [4.78, 5) is 20.9. The second-order valence-corrected chi connectivity index (χ2v) is 2.63. The Morgan fingerprint density at radius 1 is 1.43 bits per heavy atom. The third-order valence-electron chi connectivity index (χ3n) is 1.38. The molecule has 0 aliphatic carbocycles. The fraction of sp³-hybridized carbons (Fsp3) is 0.750. The number of aliphatic hydroxyl groups excluding tert-OH is 1. The first-order valence-corrected chi connectivity index (χ1v) is 4.14. The zero-order valence-corrected chi connectivity index (χ0v) is 12.3. The zero-order chi connectivity index (χ0) is 10.3. The van der Waals surface area contributed by atoms with E-state index in [-0.39, 0.29) is 30.5 Å². The van der Waals surface area contributed by atoms with Gasteiger partial charge in [0.1, 0.15) is 0 Å². The van der Waals surface area contributed by atoms with Gasteiger partial charge in [-0.25, -0.2) is 4.79 Å². The molecule has 1 atom stereocenters. The van der Waals surface area contributed by atoms with Gasteiger partial charge in [0.25, 0.3) is 0 Å². The summed E-state index contributed by atoms with van der Waals surface area (Å²) in [6.07, 6.45) is -0.562. The van der Waals surface area contributed by atoms with Crippen LogP contribution in [0.25, 0.3) is 0 Å². The molecule has 2 N–H and O–H groups in total. The van der Waals surface area contributed by atoms with Crippen LogP contribution in [0.5, 0.6) is 0 Å². The van der Waals surface area contributed by atoms with Gasteiger partial charge >= 0.3 is 35.8 Å². The molecule has 0 saturated heterocycles. The van der Waals surface area contributed by atoms with Crippen LogP contribution >= 0.6 is 0 Å². The van der Waals surface area contributed by atoms with Crippen LogP contribution in [0.2, 0.25) is 0 Å². The van der Waals surface area contributed by atoms with E-state index in [2.05, 4.69) is 4.74 Å². The van der Waals surface area contributed by atoms with E-state index in [0.717, 1.165) is 6.42 Å². The van der Waals surface area contributed by atoms with Gasteiger partial charge in [0.05, 0.1) is 13.0 Å². The van der Waals surface area contributed by atoms with Crippen LogP contribution in [0.3, 0.4) is 0 Å². The van der Waals surface area contributed by atoms with Crippen molar-refractivity contribution in [3.63, 3.8) is 0 Å². The quantitative estimate of drug-likeness (QED) is 0.383. The van der Waals surface area contributed by atoms with Crippen LogP contribution in [0.1, 0.15) is 26.2 Å². The van der Waals surface area contributed by atoms with Gasteiger partial charge in [-0.05, 0) is 6.42 Å². The van der Waals surface area contributed by atoms with E-state index in [1.54, 1.807) is 0 Å². The Kier molecular flexibility index (Phi) is 10.7. The zero-order valence-electron chi connectivity index (χ0n) is 8.23. The van der Waals surface area contributed by atoms with Crippen LogP contribution in [0.15, 0.2) is 0 Å². The Morgan fingerprint density at radius 3 is 2.43 bits per heavy atom. The van der Waals surface area contributed by atoms with Gasteiger partial charge < -0.3 is 14.9 Å². The van der Waals surface area contributed by atoms with Gasteiger partial charge in [0.2, 0.25) is 0 Å². The van der Waals surface area contributed by atoms with E-state index in [1.807, 2.05) is 6.92 Å². The average Bonchev–Trinajstić information content (AvgIpc) is 2.03. The number of aliphatic hydroxyl groups is 1. The molecule has 6 heteroatoms. The predicted octanol–water partition coefficient (Wildman–Crippen LogP) is -0.751. The van der Waals surface area contributed by atoms with Gasteiger partial charge in [0, 0.05) is 0 Å². The molecule has 1 unspecified atom stereocenters. The number of unbranched alkanes of at least 4 members (excludes halogenated alkanes) is 1. The van der Waals surface area contributed by atoms with Crippen molar-refractivity contribution in [2.75, 3.05) is 6.61 Å². The first kappa shape index (κ1) is 16.1. The van der Waals surface area contributed by atoms with Gasteiger partial charge in [-0.15, -0.1) is 0 Å². The van der Waals surface area contributed by atoms with Crippen molar-refractivity contribution in [3.8, 4) is 0 Å². The number of aliphatic carboxylic acids is 1. The number of ether oxygens (including phenoxy) is 1. The first-order valence-electron chi connectivity index (χ1n) is 4.14. The molecule has 0 rings (SSSR count). The minimum absolute atomic E-state index is 0. The monoisotopic (exact) mass is 312 g/mol. The summed E-state index contributed by atoms with van der Waals surface area (Å²) in [5, 5.41) is 17.2. The first-order chi connectivity index (χ1) is 6.07. The molecule has 14 heavy (non-hydrogen) atoms. The summed E-state index contributed by atoms with van der Waals surface area (Å²) in [6.45, 7) is 2.16. The molecule has 0 heterocycles. The average molecular weight is 311 g/mol. The van der Waals surface area contributed by atoms with Crippen molar-refractivity contribution in [3.05, 3.63) is 0 Å². The number of carbonyl (C=O) groups excluding carboxylic acids is 1. The minimum atomic E-state index is -1.55. The fourth-order valence-corrected chi connectivity index (χ4v) is 0.662. The molecular weight excluding hydrogens is 295 g/mol. The Morgan fingerprint density at radius 2 is 2.00 bits per heavy atom. The Hall–Kier alpha value is -0.301. The SMILES string of the molecule is CCCCOC(=O)C(O)CC(=O)O.[SnH2]. The normalized spacial score (nSPS) is 11.3. The maximum atomic E-state index is 10.8. The van der Waals surface area contributed by atoms with Crippen LogP contribution in [0.4, 0.5) is 0 Å². The summed E-state index contributed by atoms with van der Waals surface area (Å²) in [5.74, 6) is -2.09. The van der Waals surface area contributed by atoms with E-state index in [9.17, 15) is 9.59 Å². The third-order valence-corrected chi connectivity index (χ3v) is 1.38. The van der Waals surface area contributed by atoms with Crippen molar-refractivity contribution in [1.29, 1.82) is 0 Å². The van der Waals surface area contributed by atoms with E-state index >= 15 is 0 Å². The third kappa shape index (κ3) is 8.30. The molecule has 0 spiro atoms. The maximum absolute atomic E-state index is 10.8. The second kappa shape index (κ2) is 9.26. The number of carbonyl (C=O) groups is 2. The Balaban J connectivity index is 0. The van der Waals surface area contributed by atoms with E-state index in [0.29, 0.717) is 6.42 Å². The summed E-state index contributed by atoms with van der Waals surface area (Å²) in [5.41, 5.74) is 0. The summed E-state index contributed by atoms with van der Waals surface area (Å²) in [7, 11) is 0. The molecule has 0 aliphatic rings. The number of hydrogen-bond donors (Lipinski definition) is 2. The summed E-state index contributed by atoms with van der Waals surface area (Å²) >= 11 is 0. The molecule has 0 aromatic carbocycles. The van der Waals surface area contributed by atoms with Crippen LogP contribution < -0.4 is 0 Å². The Bertz CT molecular complexity index is 183. The van der Waals surface area contributed by atoms with Gasteiger partial charge in [-0.3, -0.25) is 4.79 Å². The van der Waals surface area contributed by atoms with Crippen molar-refractivity contribution in [2.24, 2.45) is 0 Å². The van der Waals surface area contributed by atoms with E-state index in [1.165, 1.54) is 0 Å². The molecule has 0 amide bonds. The molecule has 0 fully saturated rings. The van der Waals surface area contributed by atoms with Crippen molar-refractivity contribution in [1.82, 2.24) is 0 Å². The fourth-order valence-electron chi connectivity index (χ4n) is 0.662. The molecule has 0 aliphatic heterocycles. The topological polar surface area (TPSA) is 83.8 Å². The predicted molar refractivity (Wildman–Crippen MR) is 52.7 cm³/mol. The summed E-state index contributed by atoms with van der Waals surface area (Å²) in [6, 6.07) is 0. The molecule has 0 saturated carbocycles. The van der Waals surface area contributed by atoms with Crippen LogP contribution in [0, 0.1) is 0 Å². The number of esters is 1. The molecule has 2 radical (unpaired) electrons. The van der Waals surface area contributed by atoms with E-state index in [4.69, 9.17) is 10.2 Å². The number of carboxylic acid groups (broad SMARTS) is 1. The van der Waals surface area contributed by atoms with Crippen molar-refractivity contribution in [2.45, 2.75) is 32.3 Å². The number of carboxylic acids is 1. The number of hydrogen-bond acceptors (Lipinski definition) is 4.